The van der Waals surface area contributed by atoms with Gasteiger partial charge in [-0.2, -0.15) is 0 Å². The van der Waals surface area contributed by atoms with Gasteiger partial charge >= 0.3 is 5.97 Å². The highest BCUT2D eigenvalue weighted by atomic mass is 16.7. The van der Waals surface area contributed by atoms with Gasteiger partial charge in [-0.25, -0.2) is 4.79 Å². The third-order valence-corrected chi connectivity index (χ3v) is 1.82. The zero-order valence-corrected chi connectivity index (χ0v) is 8.86. The molecule has 1 aromatic carbocycles. The van der Waals surface area contributed by atoms with Gasteiger partial charge in [0.05, 0.1) is 19.3 Å². The summed E-state index contributed by atoms with van der Waals surface area (Å²) in [5.41, 5.74) is 1.44. The molecule has 0 fully saturated rings. The lowest BCUT2D eigenvalue weighted by Crippen LogP contribution is -2.03. The van der Waals surface area contributed by atoms with Gasteiger partial charge in [0.15, 0.2) is 0 Å². The summed E-state index contributed by atoms with van der Waals surface area (Å²) in [4.78, 5) is 11.2. The molecular formula is C11H14O4. The Labute approximate surface area is 88.8 Å². The Kier molecular flexibility index (Phi) is 4.80. The predicted octanol–water partition coefficient (Wildman–Crippen LogP) is 1.59. The highest BCUT2D eigenvalue weighted by Crippen LogP contribution is 2.07. The van der Waals surface area contributed by atoms with Crippen molar-refractivity contribution in [1.29, 1.82) is 0 Å². The molecule has 0 unspecified atom stereocenters. The molecule has 0 aromatic heterocycles. The molecular weight excluding hydrogens is 196 g/mol. The van der Waals surface area contributed by atoms with Crippen LogP contribution in [0.2, 0.25) is 0 Å². The van der Waals surface area contributed by atoms with Gasteiger partial charge in [-0.1, -0.05) is 12.1 Å². The molecule has 0 aliphatic heterocycles. The number of benzene rings is 1. The summed E-state index contributed by atoms with van der Waals surface area (Å²) in [5.74, 6) is -0.344. The zero-order valence-electron chi connectivity index (χ0n) is 8.86. The monoisotopic (exact) mass is 210 g/mol. The normalized spacial score (nSPS) is 10.0. The fraction of sp³-hybridized carbons (Fsp3) is 0.364. The van der Waals surface area contributed by atoms with Crippen LogP contribution in [0.25, 0.3) is 0 Å². The number of hydrogen-bond acceptors (Lipinski definition) is 4. The Morgan fingerprint density at radius 1 is 1.33 bits per heavy atom. The predicted molar refractivity (Wildman–Crippen MR) is 54.4 cm³/mol. The van der Waals surface area contributed by atoms with Crippen LogP contribution in [0.3, 0.4) is 0 Å². The molecule has 0 aliphatic rings. The number of esters is 1. The van der Waals surface area contributed by atoms with Crippen molar-refractivity contribution >= 4 is 5.97 Å². The minimum Gasteiger partial charge on any atom is -0.465 e. The molecule has 4 heteroatoms. The van der Waals surface area contributed by atoms with Crippen LogP contribution in [0.5, 0.6) is 0 Å². The summed E-state index contributed by atoms with van der Waals surface area (Å²) in [6.07, 6.45) is 0. The molecule has 82 valence electrons. The number of carbonyl (C=O) groups excluding carboxylic acids is 1. The van der Waals surface area contributed by atoms with Crippen LogP contribution in [0.1, 0.15) is 15.9 Å². The lowest BCUT2D eigenvalue weighted by atomic mass is 10.1. The molecule has 0 saturated heterocycles. The van der Waals surface area contributed by atoms with Crippen molar-refractivity contribution in [3.63, 3.8) is 0 Å². The second-order valence-corrected chi connectivity index (χ2v) is 2.95. The summed E-state index contributed by atoms with van der Waals surface area (Å²) in [7, 11) is 2.92. The average Bonchev–Trinajstić information content (AvgIpc) is 2.29. The fourth-order valence-corrected chi connectivity index (χ4v) is 1.15. The van der Waals surface area contributed by atoms with Gasteiger partial charge < -0.3 is 14.2 Å². The molecule has 0 atom stereocenters. The quantitative estimate of drug-likeness (QED) is 0.420. The number of rotatable bonds is 5. The van der Waals surface area contributed by atoms with E-state index in [0.717, 1.165) is 5.56 Å². The van der Waals surface area contributed by atoms with Crippen LogP contribution in [-0.4, -0.2) is 27.0 Å². The Balaban J connectivity index is 2.62. The Morgan fingerprint density at radius 3 is 2.80 bits per heavy atom. The van der Waals surface area contributed by atoms with Crippen LogP contribution < -0.4 is 0 Å². The van der Waals surface area contributed by atoms with Crippen molar-refractivity contribution in [3.05, 3.63) is 35.4 Å². The van der Waals surface area contributed by atoms with Crippen molar-refractivity contribution in [2.75, 3.05) is 21.0 Å². The van der Waals surface area contributed by atoms with E-state index in [2.05, 4.69) is 4.74 Å². The smallest absolute Gasteiger partial charge is 0.337 e. The number of hydrogen-bond donors (Lipinski definition) is 0. The first-order valence-corrected chi connectivity index (χ1v) is 4.52. The summed E-state index contributed by atoms with van der Waals surface area (Å²) in [6, 6.07) is 7.10. The van der Waals surface area contributed by atoms with Gasteiger partial charge in [0.25, 0.3) is 0 Å². The standard InChI is InChI=1S/C11H14O4/c1-13-8-15-7-9-4-3-5-10(6-9)11(12)14-2/h3-6H,7-8H2,1-2H3. The second kappa shape index (κ2) is 6.16. The first-order valence-electron chi connectivity index (χ1n) is 4.52. The number of methoxy groups -OCH3 is 2. The summed E-state index contributed by atoms with van der Waals surface area (Å²) in [5, 5.41) is 0. The van der Waals surface area contributed by atoms with Crippen molar-refractivity contribution in [2.45, 2.75) is 6.61 Å². The van der Waals surface area contributed by atoms with E-state index in [1.54, 1.807) is 25.3 Å². The van der Waals surface area contributed by atoms with Crippen molar-refractivity contribution in [3.8, 4) is 0 Å². The number of carbonyl (C=O) groups is 1. The molecule has 0 aliphatic carbocycles. The van der Waals surface area contributed by atoms with Gasteiger partial charge in [-0.3, -0.25) is 0 Å². The second-order valence-electron chi connectivity index (χ2n) is 2.95. The Bertz CT molecular complexity index is 322. The maximum absolute atomic E-state index is 11.2. The van der Waals surface area contributed by atoms with Crippen LogP contribution in [-0.2, 0) is 20.8 Å². The molecule has 0 N–H and O–H groups in total. The maximum atomic E-state index is 11.2. The Morgan fingerprint density at radius 2 is 2.13 bits per heavy atom. The SMILES string of the molecule is COCOCc1cccc(C(=O)OC)c1. The summed E-state index contributed by atoms with van der Waals surface area (Å²) < 4.78 is 14.5. The van der Waals surface area contributed by atoms with E-state index in [9.17, 15) is 4.79 Å². The first-order chi connectivity index (χ1) is 7.27. The van der Waals surface area contributed by atoms with E-state index in [4.69, 9.17) is 9.47 Å². The minimum absolute atomic E-state index is 0.239. The first kappa shape index (κ1) is 11.7. The molecule has 4 nitrogen and oxygen atoms in total. The van der Waals surface area contributed by atoms with Crippen molar-refractivity contribution in [2.24, 2.45) is 0 Å². The van der Waals surface area contributed by atoms with E-state index < -0.39 is 0 Å². The highest BCUT2D eigenvalue weighted by molar-refractivity contribution is 5.89. The minimum atomic E-state index is -0.344. The average molecular weight is 210 g/mol. The van der Waals surface area contributed by atoms with E-state index >= 15 is 0 Å². The van der Waals surface area contributed by atoms with E-state index in [-0.39, 0.29) is 12.8 Å². The van der Waals surface area contributed by atoms with Gasteiger partial charge in [0.2, 0.25) is 0 Å². The van der Waals surface area contributed by atoms with Crippen molar-refractivity contribution in [1.82, 2.24) is 0 Å². The molecule has 15 heavy (non-hydrogen) atoms. The van der Waals surface area contributed by atoms with Crippen LogP contribution in [0, 0.1) is 0 Å². The van der Waals surface area contributed by atoms with Crippen LogP contribution in [0.4, 0.5) is 0 Å². The Hall–Kier alpha value is -1.39. The molecule has 0 radical (unpaired) electrons. The van der Waals surface area contributed by atoms with E-state index in [1.165, 1.54) is 7.11 Å². The fourth-order valence-electron chi connectivity index (χ4n) is 1.15. The van der Waals surface area contributed by atoms with Gasteiger partial charge in [0, 0.05) is 7.11 Å². The van der Waals surface area contributed by atoms with Gasteiger partial charge in [-0.05, 0) is 17.7 Å². The van der Waals surface area contributed by atoms with Crippen molar-refractivity contribution < 1.29 is 19.0 Å². The largest absolute Gasteiger partial charge is 0.465 e. The molecule has 0 saturated carbocycles. The van der Waals surface area contributed by atoms with Crippen LogP contribution >= 0.6 is 0 Å². The summed E-state index contributed by atoms with van der Waals surface area (Å²) in [6.45, 7) is 0.654. The molecule has 0 spiro atoms. The molecule has 0 bridgehead atoms. The molecule has 0 amide bonds. The molecule has 0 heterocycles. The van der Waals surface area contributed by atoms with Gasteiger partial charge in [0.1, 0.15) is 6.79 Å². The molecule has 1 aromatic rings. The van der Waals surface area contributed by atoms with E-state index in [0.29, 0.717) is 12.2 Å². The number of ether oxygens (including phenoxy) is 3. The van der Waals surface area contributed by atoms with Gasteiger partial charge in [-0.15, -0.1) is 0 Å². The van der Waals surface area contributed by atoms with E-state index in [1.807, 2.05) is 6.07 Å². The lowest BCUT2D eigenvalue weighted by Gasteiger charge is -2.04. The lowest BCUT2D eigenvalue weighted by molar-refractivity contribution is -0.0390. The third kappa shape index (κ3) is 3.69. The highest BCUT2D eigenvalue weighted by Gasteiger charge is 2.05. The van der Waals surface area contributed by atoms with Crippen LogP contribution in [0.15, 0.2) is 24.3 Å². The summed E-state index contributed by atoms with van der Waals surface area (Å²) >= 11 is 0. The topological polar surface area (TPSA) is 44.8 Å². The third-order valence-electron chi connectivity index (χ3n) is 1.82. The zero-order chi connectivity index (χ0) is 11.1. The molecule has 1 rings (SSSR count). The maximum Gasteiger partial charge on any atom is 0.337 e.